The summed E-state index contributed by atoms with van der Waals surface area (Å²) < 4.78 is 5.66. The van der Waals surface area contributed by atoms with E-state index >= 15 is 0 Å². The molecule has 0 radical (unpaired) electrons. The van der Waals surface area contributed by atoms with E-state index in [-0.39, 0.29) is 0 Å². The molecule has 1 aromatic carbocycles. The van der Waals surface area contributed by atoms with Crippen molar-refractivity contribution < 1.29 is 4.74 Å². The van der Waals surface area contributed by atoms with Crippen LogP contribution in [0.15, 0.2) is 12.1 Å². The molecular weight excluding hydrogens is 234 g/mol. The van der Waals surface area contributed by atoms with Crippen molar-refractivity contribution in [2.75, 3.05) is 14.2 Å². The van der Waals surface area contributed by atoms with Crippen LogP contribution in [0.5, 0.6) is 5.75 Å². The van der Waals surface area contributed by atoms with Gasteiger partial charge in [-0.3, -0.25) is 0 Å². The number of methoxy groups -OCH3 is 1. The number of rotatable bonds is 5. The van der Waals surface area contributed by atoms with Gasteiger partial charge >= 0.3 is 0 Å². The van der Waals surface area contributed by atoms with Crippen LogP contribution < -0.4 is 10.1 Å². The Morgan fingerprint density at radius 2 is 1.95 bits per heavy atom. The van der Waals surface area contributed by atoms with Crippen LogP contribution in [0.2, 0.25) is 0 Å². The summed E-state index contributed by atoms with van der Waals surface area (Å²) in [4.78, 5) is 0. The van der Waals surface area contributed by atoms with E-state index in [1.54, 1.807) is 7.11 Å². The molecule has 0 saturated heterocycles. The number of hydrogen-bond donors (Lipinski definition) is 1. The quantitative estimate of drug-likeness (QED) is 0.859. The molecule has 19 heavy (non-hydrogen) atoms. The average Bonchev–Trinajstić information content (AvgIpc) is 2.92. The second-order valence-corrected chi connectivity index (χ2v) is 5.86. The van der Waals surface area contributed by atoms with Crippen molar-refractivity contribution in [1.29, 1.82) is 0 Å². The van der Waals surface area contributed by atoms with E-state index in [0.717, 1.165) is 11.7 Å². The maximum atomic E-state index is 5.66. The third kappa shape index (κ3) is 3.11. The SMILES string of the molecule is CNC(CC1CCCC1)c1ccc(C)c(C)c1OC. The highest BCUT2D eigenvalue weighted by Crippen LogP contribution is 2.37. The number of ether oxygens (including phenoxy) is 1. The highest BCUT2D eigenvalue weighted by Gasteiger charge is 2.23. The highest BCUT2D eigenvalue weighted by atomic mass is 16.5. The summed E-state index contributed by atoms with van der Waals surface area (Å²) in [5.74, 6) is 1.95. The van der Waals surface area contributed by atoms with Crippen LogP contribution in [0.1, 0.15) is 54.8 Å². The van der Waals surface area contributed by atoms with Gasteiger partial charge in [-0.15, -0.1) is 0 Å². The van der Waals surface area contributed by atoms with Gasteiger partial charge in [0.05, 0.1) is 7.11 Å². The van der Waals surface area contributed by atoms with Crippen molar-refractivity contribution in [2.24, 2.45) is 5.92 Å². The van der Waals surface area contributed by atoms with Gasteiger partial charge in [0.1, 0.15) is 5.75 Å². The van der Waals surface area contributed by atoms with Crippen molar-refractivity contribution in [3.63, 3.8) is 0 Å². The zero-order chi connectivity index (χ0) is 13.8. The van der Waals surface area contributed by atoms with Crippen molar-refractivity contribution in [3.05, 3.63) is 28.8 Å². The van der Waals surface area contributed by atoms with E-state index < -0.39 is 0 Å². The third-order valence-electron chi connectivity index (χ3n) is 4.68. The second-order valence-electron chi connectivity index (χ2n) is 5.86. The van der Waals surface area contributed by atoms with Crippen molar-refractivity contribution in [2.45, 2.75) is 52.0 Å². The standard InChI is InChI=1S/C17H27NO/c1-12-9-10-15(17(19-4)13(12)2)16(18-3)11-14-7-5-6-8-14/h9-10,14,16,18H,5-8,11H2,1-4H3. The van der Waals surface area contributed by atoms with Crippen molar-refractivity contribution in [1.82, 2.24) is 5.32 Å². The fraction of sp³-hybridized carbons (Fsp3) is 0.647. The number of benzene rings is 1. The minimum absolute atomic E-state index is 0.414. The molecule has 1 N–H and O–H groups in total. The molecule has 0 aromatic heterocycles. The molecule has 1 unspecified atom stereocenters. The van der Waals surface area contributed by atoms with Gasteiger partial charge in [0, 0.05) is 11.6 Å². The predicted molar refractivity (Wildman–Crippen MR) is 80.8 cm³/mol. The van der Waals surface area contributed by atoms with E-state index in [1.807, 2.05) is 0 Å². The lowest BCUT2D eigenvalue weighted by molar-refractivity contribution is 0.375. The summed E-state index contributed by atoms with van der Waals surface area (Å²) in [5.41, 5.74) is 3.89. The van der Waals surface area contributed by atoms with Gasteiger partial charge in [0.2, 0.25) is 0 Å². The smallest absolute Gasteiger partial charge is 0.126 e. The summed E-state index contributed by atoms with van der Waals surface area (Å²) >= 11 is 0. The van der Waals surface area contributed by atoms with Crippen LogP contribution in [0.4, 0.5) is 0 Å². The Kier molecular flexibility index (Phi) is 4.87. The topological polar surface area (TPSA) is 21.3 Å². The van der Waals surface area contributed by atoms with E-state index in [2.05, 4.69) is 38.3 Å². The molecule has 2 rings (SSSR count). The zero-order valence-electron chi connectivity index (χ0n) is 12.8. The van der Waals surface area contributed by atoms with Gasteiger partial charge in [-0.25, -0.2) is 0 Å². The van der Waals surface area contributed by atoms with Crippen LogP contribution in [0.25, 0.3) is 0 Å². The molecule has 0 heterocycles. The number of aryl methyl sites for hydroxylation is 1. The summed E-state index contributed by atoms with van der Waals surface area (Å²) in [6.45, 7) is 4.30. The van der Waals surface area contributed by atoms with Crippen LogP contribution in [0.3, 0.4) is 0 Å². The fourth-order valence-electron chi connectivity index (χ4n) is 3.34. The molecule has 0 aliphatic heterocycles. The maximum Gasteiger partial charge on any atom is 0.126 e. The minimum Gasteiger partial charge on any atom is -0.496 e. The average molecular weight is 261 g/mol. The Labute approximate surface area is 117 Å². The van der Waals surface area contributed by atoms with Gasteiger partial charge < -0.3 is 10.1 Å². The second kappa shape index (κ2) is 6.42. The van der Waals surface area contributed by atoms with Gasteiger partial charge in [0.25, 0.3) is 0 Å². The molecular formula is C17H27NO. The molecule has 1 aliphatic carbocycles. The Morgan fingerprint density at radius 1 is 1.26 bits per heavy atom. The molecule has 1 aromatic rings. The van der Waals surface area contributed by atoms with E-state index in [4.69, 9.17) is 4.74 Å². The molecule has 2 heteroatoms. The van der Waals surface area contributed by atoms with Crippen LogP contribution in [-0.2, 0) is 0 Å². The van der Waals surface area contributed by atoms with Crippen LogP contribution in [0, 0.1) is 19.8 Å². The first-order valence-electron chi connectivity index (χ1n) is 7.48. The first-order chi connectivity index (χ1) is 9.17. The molecule has 2 nitrogen and oxygen atoms in total. The first kappa shape index (κ1) is 14.4. The van der Waals surface area contributed by atoms with Crippen molar-refractivity contribution in [3.8, 4) is 5.75 Å². The number of nitrogens with one attached hydrogen (secondary N) is 1. The number of hydrogen-bond acceptors (Lipinski definition) is 2. The maximum absolute atomic E-state index is 5.66. The third-order valence-corrected chi connectivity index (χ3v) is 4.68. The minimum atomic E-state index is 0.414. The van der Waals surface area contributed by atoms with E-state index in [9.17, 15) is 0 Å². The van der Waals surface area contributed by atoms with Crippen LogP contribution >= 0.6 is 0 Å². The Bertz CT molecular complexity index is 422. The van der Waals surface area contributed by atoms with Gasteiger partial charge in [-0.2, -0.15) is 0 Å². The Hall–Kier alpha value is -1.02. The predicted octanol–water partition coefficient (Wildman–Crippen LogP) is 4.15. The highest BCUT2D eigenvalue weighted by molar-refractivity contribution is 5.46. The molecule has 0 bridgehead atoms. The van der Waals surface area contributed by atoms with E-state index in [0.29, 0.717) is 6.04 Å². The lowest BCUT2D eigenvalue weighted by Gasteiger charge is -2.24. The fourth-order valence-corrected chi connectivity index (χ4v) is 3.34. The monoisotopic (exact) mass is 261 g/mol. The molecule has 1 saturated carbocycles. The van der Waals surface area contributed by atoms with E-state index in [1.165, 1.54) is 48.8 Å². The zero-order valence-corrected chi connectivity index (χ0v) is 12.8. The largest absolute Gasteiger partial charge is 0.496 e. The van der Waals surface area contributed by atoms with Crippen LogP contribution in [-0.4, -0.2) is 14.2 Å². The molecule has 0 spiro atoms. The molecule has 1 atom stereocenters. The molecule has 1 fully saturated rings. The molecule has 0 amide bonds. The first-order valence-corrected chi connectivity index (χ1v) is 7.48. The summed E-state index contributed by atoms with van der Waals surface area (Å²) in [6, 6.07) is 4.86. The summed E-state index contributed by atoms with van der Waals surface area (Å²) in [6.07, 6.45) is 6.84. The summed E-state index contributed by atoms with van der Waals surface area (Å²) in [5, 5.41) is 3.49. The molecule has 106 valence electrons. The van der Waals surface area contributed by atoms with Gasteiger partial charge in [-0.1, -0.05) is 37.8 Å². The van der Waals surface area contributed by atoms with Gasteiger partial charge in [-0.05, 0) is 44.4 Å². The summed E-state index contributed by atoms with van der Waals surface area (Å²) in [7, 11) is 3.85. The van der Waals surface area contributed by atoms with Gasteiger partial charge in [0.15, 0.2) is 0 Å². The molecule has 1 aliphatic rings. The Morgan fingerprint density at radius 3 is 2.53 bits per heavy atom. The lowest BCUT2D eigenvalue weighted by Crippen LogP contribution is -2.20. The normalized spacial score (nSPS) is 17.7. The van der Waals surface area contributed by atoms with Crippen molar-refractivity contribution >= 4 is 0 Å². The Balaban J connectivity index is 2.24. The lowest BCUT2D eigenvalue weighted by atomic mass is 9.91.